The molecule has 1 heterocycles. The zero-order valence-corrected chi connectivity index (χ0v) is 21.0. The molecule has 182 valence electrons. The Morgan fingerprint density at radius 1 is 1.21 bits per heavy atom. The smallest absolute Gasteiger partial charge is 0.349 e. The third-order valence-electron chi connectivity index (χ3n) is 6.22. The molecule has 0 bridgehead atoms. The van der Waals surface area contributed by atoms with Gasteiger partial charge in [-0.15, -0.1) is 0 Å². The lowest BCUT2D eigenvalue weighted by molar-refractivity contribution is 0.290. The van der Waals surface area contributed by atoms with Gasteiger partial charge in [-0.1, -0.05) is 57.0 Å². The summed E-state index contributed by atoms with van der Waals surface area (Å²) in [5.41, 5.74) is 1.58. The molecule has 33 heavy (non-hydrogen) atoms. The summed E-state index contributed by atoms with van der Waals surface area (Å²) < 4.78 is 39.8. The third kappa shape index (κ3) is 6.08. The highest BCUT2D eigenvalue weighted by Crippen LogP contribution is 2.58. The summed E-state index contributed by atoms with van der Waals surface area (Å²) in [4.78, 5) is 18.9. The zero-order valence-electron chi connectivity index (χ0n) is 19.3. The summed E-state index contributed by atoms with van der Waals surface area (Å²) in [7, 11) is -6.13. The fourth-order valence-corrected chi connectivity index (χ4v) is 7.00. The van der Waals surface area contributed by atoms with Crippen LogP contribution >= 0.6 is 18.2 Å². The molecule has 0 fully saturated rings. The highest BCUT2D eigenvalue weighted by molar-refractivity contribution is 8.24. The molecule has 2 atom stereocenters. The molecule has 7 nitrogen and oxygen atoms in total. The minimum atomic E-state index is -4.40. The van der Waals surface area contributed by atoms with Crippen molar-refractivity contribution in [1.82, 2.24) is 5.32 Å². The van der Waals surface area contributed by atoms with Crippen molar-refractivity contribution in [3.8, 4) is 5.75 Å². The first kappa shape index (κ1) is 26.0. The van der Waals surface area contributed by atoms with Crippen molar-refractivity contribution in [3.05, 3.63) is 65.0 Å². The second-order valence-corrected chi connectivity index (χ2v) is 12.1. The van der Waals surface area contributed by atoms with Crippen molar-refractivity contribution in [2.45, 2.75) is 56.0 Å². The molecule has 9 heteroatoms. The molecular weight excluding hydrogens is 461 g/mol. The van der Waals surface area contributed by atoms with E-state index < -0.39 is 23.7 Å². The van der Waals surface area contributed by atoms with Crippen LogP contribution in [-0.2, 0) is 4.57 Å². The quantitative estimate of drug-likeness (QED) is 0.286. The zero-order chi connectivity index (χ0) is 24.3. The number of hydrogen-bond donors (Lipinski definition) is 5. The van der Waals surface area contributed by atoms with Crippen LogP contribution in [0.5, 0.6) is 5.75 Å². The van der Waals surface area contributed by atoms with Gasteiger partial charge in [0.15, 0.2) is 0 Å². The highest BCUT2D eigenvalue weighted by Gasteiger charge is 2.42. The molecule has 0 spiro atoms. The van der Waals surface area contributed by atoms with Gasteiger partial charge in [-0.3, -0.25) is 19.0 Å². The molecule has 2 aromatic rings. The molecule has 0 radical (unpaired) electrons. The molecule has 1 aliphatic heterocycles. The van der Waals surface area contributed by atoms with E-state index in [2.05, 4.69) is 19.2 Å². The largest absolute Gasteiger partial charge is 0.496 e. The van der Waals surface area contributed by atoms with Crippen molar-refractivity contribution in [2.24, 2.45) is 0 Å². The second kappa shape index (κ2) is 10.3. The van der Waals surface area contributed by atoms with Crippen LogP contribution in [0.1, 0.15) is 62.3 Å². The predicted molar refractivity (Wildman–Crippen MR) is 134 cm³/mol. The van der Waals surface area contributed by atoms with Crippen molar-refractivity contribution < 1.29 is 28.2 Å². The van der Waals surface area contributed by atoms with Crippen LogP contribution < -0.4 is 10.1 Å². The first-order valence-corrected chi connectivity index (χ1v) is 14.5. The van der Waals surface area contributed by atoms with Crippen molar-refractivity contribution in [1.29, 1.82) is 0 Å². The topological polar surface area (TPSA) is 119 Å². The van der Waals surface area contributed by atoms with Crippen LogP contribution in [-0.4, -0.2) is 37.3 Å². The van der Waals surface area contributed by atoms with Crippen LogP contribution in [0, 0.1) is 0 Å². The van der Waals surface area contributed by atoms with E-state index >= 15 is 0 Å². The first-order valence-electron chi connectivity index (χ1n) is 11.1. The molecule has 0 saturated heterocycles. The minimum absolute atomic E-state index is 0.167. The monoisotopic (exact) mass is 495 g/mol. The number of rotatable bonds is 8. The third-order valence-corrected chi connectivity index (χ3v) is 8.77. The average Bonchev–Trinajstić information content (AvgIpc) is 2.88. The van der Waals surface area contributed by atoms with Crippen LogP contribution in [0.15, 0.2) is 53.2 Å². The second-order valence-electron chi connectivity index (χ2n) is 8.57. The van der Waals surface area contributed by atoms with Gasteiger partial charge in [0.2, 0.25) is 0 Å². The van der Waals surface area contributed by atoms with E-state index in [0.29, 0.717) is 21.8 Å². The minimum Gasteiger partial charge on any atom is -0.496 e. The van der Waals surface area contributed by atoms with Crippen LogP contribution in [0.3, 0.4) is 0 Å². The maximum atomic E-state index is 11.4. The number of ether oxygens (including phenoxy) is 1. The van der Waals surface area contributed by atoms with Crippen molar-refractivity contribution in [2.75, 3.05) is 12.9 Å². The van der Waals surface area contributed by atoms with E-state index in [4.69, 9.17) is 4.74 Å². The Hall–Kier alpha value is -1.64. The Labute approximate surface area is 197 Å². The Kier molecular flexibility index (Phi) is 8.12. The molecule has 0 amide bonds. The molecule has 0 saturated carbocycles. The molecule has 0 unspecified atom stereocenters. The summed E-state index contributed by atoms with van der Waals surface area (Å²) in [6, 6.07) is 12.9. The van der Waals surface area contributed by atoms with E-state index in [1.807, 2.05) is 30.3 Å². The molecular formula is C24H34NO6PS. The van der Waals surface area contributed by atoms with Crippen LogP contribution in [0.4, 0.5) is 0 Å². The van der Waals surface area contributed by atoms with E-state index in [0.717, 1.165) is 37.1 Å². The van der Waals surface area contributed by atoms with Gasteiger partial charge >= 0.3 is 7.60 Å². The molecule has 0 aromatic heterocycles. The predicted octanol–water partition coefficient (Wildman–Crippen LogP) is 5.98. The molecule has 3 rings (SSSR count). The number of unbranched alkanes of at least 4 members (excludes halogenated alkanes) is 1. The van der Waals surface area contributed by atoms with Crippen LogP contribution in [0.2, 0.25) is 0 Å². The highest BCUT2D eigenvalue weighted by atomic mass is 32.3. The van der Waals surface area contributed by atoms with E-state index in [1.54, 1.807) is 12.1 Å². The maximum absolute atomic E-state index is 11.4. The fraction of sp³-hybridized carbons (Fsp3) is 0.417. The number of hydrogen-bond acceptors (Lipinski definition) is 5. The standard InChI is InChI=1S/C24H34NO6PS/c1-4-6-13-24(5-2)17-33(29,30)22-15-19(12-14-32(26,27)28)21(31-3)16-20(22)23(25-24)18-10-8-7-9-11-18/h7-12,14-16,23,25,29-30H,4-6,13,17H2,1-3H3,(H2,26,27,28)/t23-,24-/m1/s1. The Morgan fingerprint density at radius 3 is 2.48 bits per heavy atom. The number of nitrogens with one attached hydrogen (secondary N) is 1. The van der Waals surface area contributed by atoms with Crippen LogP contribution in [0.25, 0.3) is 6.08 Å². The number of methoxy groups -OCH3 is 1. The van der Waals surface area contributed by atoms with Gasteiger partial charge in [0.05, 0.1) is 23.8 Å². The Balaban J connectivity index is 2.26. The van der Waals surface area contributed by atoms with Gasteiger partial charge in [0.1, 0.15) is 5.75 Å². The van der Waals surface area contributed by atoms with Crippen molar-refractivity contribution >= 4 is 24.3 Å². The maximum Gasteiger partial charge on any atom is 0.349 e. The van der Waals surface area contributed by atoms with Gasteiger partial charge in [-0.25, -0.2) is 0 Å². The summed E-state index contributed by atoms with van der Waals surface area (Å²) in [6.45, 7) is 4.18. The Bertz CT molecular complexity index is 1040. The fourth-order valence-electron chi connectivity index (χ4n) is 4.42. The van der Waals surface area contributed by atoms with Gasteiger partial charge in [-0.2, -0.15) is 10.6 Å². The van der Waals surface area contributed by atoms with Crippen molar-refractivity contribution in [3.63, 3.8) is 0 Å². The van der Waals surface area contributed by atoms with Gasteiger partial charge < -0.3 is 14.5 Å². The molecule has 0 aliphatic carbocycles. The molecule has 5 N–H and O–H groups in total. The number of benzene rings is 2. The normalized spacial score (nSPS) is 23.7. The first-order chi connectivity index (χ1) is 15.5. The van der Waals surface area contributed by atoms with E-state index in [-0.39, 0.29) is 11.8 Å². The lowest BCUT2D eigenvalue weighted by atomic mass is 9.88. The number of fused-ring (bicyclic) bond motifs is 1. The SMILES string of the molecule is CCCC[C@]1(CC)CS(O)(O)c2cc(C=CP(=O)(O)O)c(OC)cc2[C@@H](c2ccccc2)N1. The van der Waals surface area contributed by atoms with E-state index in [9.17, 15) is 23.5 Å². The average molecular weight is 496 g/mol. The molecule has 1 aliphatic rings. The summed E-state index contributed by atoms with van der Waals surface area (Å²) in [5.74, 6) is 1.36. The summed E-state index contributed by atoms with van der Waals surface area (Å²) in [6.07, 6.45) is 4.75. The van der Waals surface area contributed by atoms with Gasteiger partial charge in [0, 0.05) is 22.5 Å². The summed E-state index contributed by atoms with van der Waals surface area (Å²) >= 11 is 0. The Morgan fingerprint density at radius 2 is 1.91 bits per heavy atom. The summed E-state index contributed by atoms with van der Waals surface area (Å²) in [5, 5.41) is 3.77. The van der Waals surface area contributed by atoms with E-state index in [1.165, 1.54) is 13.2 Å². The molecule has 2 aromatic carbocycles. The lowest BCUT2D eigenvalue weighted by Crippen LogP contribution is -2.49. The van der Waals surface area contributed by atoms with Gasteiger partial charge in [-0.05, 0) is 36.6 Å². The van der Waals surface area contributed by atoms with Gasteiger partial charge in [0.25, 0.3) is 0 Å². The lowest BCUT2D eigenvalue weighted by Gasteiger charge is -2.42.